The molecule has 1 aliphatic carbocycles. The van der Waals surface area contributed by atoms with Gasteiger partial charge in [0.05, 0.1) is 6.61 Å². The van der Waals surface area contributed by atoms with E-state index in [1.807, 2.05) is 11.9 Å². The summed E-state index contributed by atoms with van der Waals surface area (Å²) >= 11 is 0. The zero-order valence-corrected chi connectivity index (χ0v) is 12.9. The lowest BCUT2D eigenvalue weighted by molar-refractivity contribution is -0.131. The van der Waals surface area contributed by atoms with Crippen LogP contribution in [0.1, 0.15) is 51.4 Å². The summed E-state index contributed by atoms with van der Waals surface area (Å²) in [5.41, 5.74) is 6.01. The van der Waals surface area contributed by atoms with Crippen LogP contribution < -0.4 is 5.73 Å². The van der Waals surface area contributed by atoms with E-state index >= 15 is 0 Å². The first-order valence-electron chi connectivity index (χ1n) is 8.22. The maximum absolute atomic E-state index is 12.2. The summed E-state index contributed by atoms with van der Waals surface area (Å²) in [5.74, 6) is 1.48. The van der Waals surface area contributed by atoms with Crippen molar-refractivity contribution in [3.63, 3.8) is 0 Å². The fourth-order valence-corrected chi connectivity index (χ4v) is 3.55. The highest BCUT2D eigenvalue weighted by Crippen LogP contribution is 2.27. The Hall–Kier alpha value is -0.610. The Morgan fingerprint density at radius 1 is 1.25 bits per heavy atom. The highest BCUT2D eigenvalue weighted by atomic mass is 16.5. The van der Waals surface area contributed by atoms with Gasteiger partial charge in [0.15, 0.2) is 0 Å². The van der Waals surface area contributed by atoms with E-state index in [2.05, 4.69) is 0 Å². The van der Waals surface area contributed by atoms with Crippen molar-refractivity contribution < 1.29 is 9.53 Å². The molecule has 0 spiro atoms. The predicted molar refractivity (Wildman–Crippen MR) is 80.3 cm³/mol. The second-order valence-electron chi connectivity index (χ2n) is 6.69. The van der Waals surface area contributed by atoms with Crippen LogP contribution >= 0.6 is 0 Å². The fraction of sp³-hybridized carbons (Fsp3) is 0.938. The fourth-order valence-electron chi connectivity index (χ4n) is 3.55. The Morgan fingerprint density at radius 2 is 2.05 bits per heavy atom. The van der Waals surface area contributed by atoms with Gasteiger partial charge in [-0.1, -0.05) is 12.8 Å². The Labute approximate surface area is 123 Å². The van der Waals surface area contributed by atoms with Crippen molar-refractivity contribution in [2.45, 2.75) is 57.4 Å². The van der Waals surface area contributed by atoms with E-state index in [-0.39, 0.29) is 5.91 Å². The molecule has 1 amide bonds. The van der Waals surface area contributed by atoms with Gasteiger partial charge in [0.2, 0.25) is 5.91 Å². The van der Waals surface area contributed by atoms with Crippen LogP contribution in [0.25, 0.3) is 0 Å². The molecule has 0 aromatic heterocycles. The second-order valence-corrected chi connectivity index (χ2v) is 6.69. The molecule has 0 radical (unpaired) electrons. The first-order chi connectivity index (χ1) is 9.65. The minimum Gasteiger partial charge on any atom is -0.381 e. The van der Waals surface area contributed by atoms with Gasteiger partial charge in [-0.2, -0.15) is 0 Å². The van der Waals surface area contributed by atoms with E-state index in [4.69, 9.17) is 10.5 Å². The first-order valence-corrected chi connectivity index (χ1v) is 8.22. The SMILES string of the molecule is CN(CC1CCCOC1)C(=O)CCC1CCCC(N)C1. The Kier molecular flexibility index (Phi) is 6.30. The third-order valence-corrected chi connectivity index (χ3v) is 4.80. The number of nitrogens with zero attached hydrogens (tertiary/aromatic N) is 1. The number of carbonyl (C=O) groups excluding carboxylic acids is 1. The lowest BCUT2D eigenvalue weighted by Gasteiger charge is -2.29. The molecule has 116 valence electrons. The number of amides is 1. The molecule has 1 aliphatic heterocycles. The Bertz CT molecular complexity index is 303. The van der Waals surface area contributed by atoms with Crippen LogP contribution in [-0.2, 0) is 9.53 Å². The van der Waals surface area contributed by atoms with Gasteiger partial charge in [0.1, 0.15) is 0 Å². The van der Waals surface area contributed by atoms with Crippen LogP contribution in [0.2, 0.25) is 0 Å². The van der Waals surface area contributed by atoms with Crippen LogP contribution in [0.15, 0.2) is 0 Å². The van der Waals surface area contributed by atoms with Gasteiger partial charge in [-0.3, -0.25) is 4.79 Å². The molecular formula is C16H30N2O2. The zero-order chi connectivity index (χ0) is 14.4. The summed E-state index contributed by atoms with van der Waals surface area (Å²) in [4.78, 5) is 14.1. The van der Waals surface area contributed by atoms with Crippen LogP contribution in [0.4, 0.5) is 0 Å². The molecule has 4 nitrogen and oxygen atoms in total. The molecule has 0 bridgehead atoms. The number of hydrogen-bond donors (Lipinski definition) is 1. The van der Waals surface area contributed by atoms with Crippen molar-refractivity contribution >= 4 is 5.91 Å². The van der Waals surface area contributed by atoms with Gasteiger partial charge >= 0.3 is 0 Å². The minimum atomic E-state index is 0.287. The van der Waals surface area contributed by atoms with Crippen molar-refractivity contribution in [1.29, 1.82) is 0 Å². The van der Waals surface area contributed by atoms with Crippen molar-refractivity contribution in [1.82, 2.24) is 4.90 Å². The molecule has 3 atom stereocenters. The topological polar surface area (TPSA) is 55.6 Å². The number of hydrogen-bond acceptors (Lipinski definition) is 3. The number of nitrogens with two attached hydrogens (primary N) is 1. The van der Waals surface area contributed by atoms with Gasteiger partial charge in [0, 0.05) is 32.7 Å². The standard InChI is InChI=1S/C16H30N2O2/c1-18(11-14-5-3-9-20-12-14)16(19)8-7-13-4-2-6-15(17)10-13/h13-15H,2-12,17H2,1H3. The van der Waals surface area contributed by atoms with Crippen molar-refractivity contribution in [2.24, 2.45) is 17.6 Å². The Morgan fingerprint density at radius 3 is 2.75 bits per heavy atom. The molecule has 20 heavy (non-hydrogen) atoms. The molecule has 1 saturated carbocycles. The smallest absolute Gasteiger partial charge is 0.222 e. The van der Waals surface area contributed by atoms with Gasteiger partial charge in [0.25, 0.3) is 0 Å². The molecule has 4 heteroatoms. The molecule has 0 aromatic carbocycles. The average molecular weight is 282 g/mol. The summed E-state index contributed by atoms with van der Waals surface area (Å²) in [6, 6.07) is 0.362. The minimum absolute atomic E-state index is 0.287. The summed E-state index contributed by atoms with van der Waals surface area (Å²) in [6.07, 6.45) is 8.76. The number of ether oxygens (including phenoxy) is 1. The Balaban J connectivity index is 1.65. The van der Waals surface area contributed by atoms with Gasteiger partial charge in [-0.25, -0.2) is 0 Å². The molecule has 2 fully saturated rings. The van der Waals surface area contributed by atoms with E-state index in [1.165, 1.54) is 19.3 Å². The molecule has 1 heterocycles. The van der Waals surface area contributed by atoms with Crippen LogP contribution in [0.5, 0.6) is 0 Å². The molecule has 3 unspecified atom stereocenters. The van der Waals surface area contributed by atoms with Gasteiger partial charge in [-0.15, -0.1) is 0 Å². The van der Waals surface area contributed by atoms with Crippen molar-refractivity contribution in [3.8, 4) is 0 Å². The largest absolute Gasteiger partial charge is 0.381 e. The lowest BCUT2D eigenvalue weighted by Crippen LogP contribution is -2.35. The zero-order valence-electron chi connectivity index (χ0n) is 12.9. The van der Waals surface area contributed by atoms with E-state index in [1.54, 1.807) is 0 Å². The third-order valence-electron chi connectivity index (χ3n) is 4.80. The molecule has 2 N–H and O–H groups in total. The summed E-state index contributed by atoms with van der Waals surface area (Å²) in [6.45, 7) is 2.55. The third kappa shape index (κ3) is 5.06. The monoisotopic (exact) mass is 282 g/mol. The van der Waals surface area contributed by atoms with Gasteiger partial charge < -0.3 is 15.4 Å². The summed E-state index contributed by atoms with van der Waals surface area (Å²) < 4.78 is 5.48. The number of carbonyl (C=O) groups is 1. The second kappa shape index (κ2) is 7.99. The van der Waals surface area contributed by atoms with Crippen molar-refractivity contribution in [3.05, 3.63) is 0 Å². The van der Waals surface area contributed by atoms with E-state index < -0.39 is 0 Å². The summed E-state index contributed by atoms with van der Waals surface area (Å²) in [5, 5.41) is 0. The molecular weight excluding hydrogens is 252 g/mol. The van der Waals surface area contributed by atoms with Crippen molar-refractivity contribution in [2.75, 3.05) is 26.8 Å². The lowest BCUT2D eigenvalue weighted by atomic mass is 9.83. The van der Waals surface area contributed by atoms with Gasteiger partial charge in [-0.05, 0) is 43.9 Å². The highest BCUT2D eigenvalue weighted by molar-refractivity contribution is 5.75. The van der Waals surface area contributed by atoms with E-state index in [9.17, 15) is 4.79 Å². The maximum Gasteiger partial charge on any atom is 0.222 e. The van der Waals surface area contributed by atoms with E-state index in [0.717, 1.165) is 45.4 Å². The van der Waals surface area contributed by atoms with E-state index in [0.29, 0.717) is 24.3 Å². The first kappa shape index (κ1) is 15.8. The normalized spacial score (nSPS) is 31.0. The highest BCUT2D eigenvalue weighted by Gasteiger charge is 2.22. The number of rotatable bonds is 5. The maximum atomic E-state index is 12.2. The molecule has 2 aliphatic rings. The quantitative estimate of drug-likeness (QED) is 0.841. The van der Waals surface area contributed by atoms with Crippen LogP contribution in [0, 0.1) is 11.8 Å². The summed E-state index contributed by atoms with van der Waals surface area (Å²) in [7, 11) is 1.93. The predicted octanol–water partition coefficient (Wildman–Crippen LogP) is 2.17. The average Bonchev–Trinajstić information content (AvgIpc) is 2.46. The molecule has 0 aromatic rings. The molecule has 1 saturated heterocycles. The van der Waals surface area contributed by atoms with Crippen LogP contribution in [0.3, 0.4) is 0 Å². The molecule has 2 rings (SSSR count). The van der Waals surface area contributed by atoms with Crippen LogP contribution in [-0.4, -0.2) is 43.7 Å².